The molecule has 2 aromatic carbocycles. The Hall–Kier alpha value is -1.96. The van der Waals surface area contributed by atoms with Crippen LogP contribution in [0.15, 0.2) is 60.7 Å². The third-order valence-electron chi connectivity index (χ3n) is 1.72. The van der Waals surface area contributed by atoms with Crippen LogP contribution in [0.4, 0.5) is 0 Å². The lowest BCUT2D eigenvalue weighted by molar-refractivity contribution is -0.0999. The number of rotatable bonds is 3. The van der Waals surface area contributed by atoms with E-state index in [9.17, 15) is 0 Å². The number of hydrogen-bond acceptors (Lipinski definition) is 2. The molecule has 0 aliphatic carbocycles. The molecule has 0 amide bonds. The Balaban J connectivity index is 1.96. The first kappa shape index (κ1) is 8.63. The zero-order valence-electron chi connectivity index (χ0n) is 7.59. The van der Waals surface area contributed by atoms with Crippen LogP contribution in [0.5, 0.6) is 11.5 Å². The molecule has 0 bridgehead atoms. The predicted octanol–water partition coefficient (Wildman–Crippen LogP) is 3.06. The lowest BCUT2D eigenvalue weighted by Gasteiger charge is -2.04. The molecule has 2 rings (SSSR count). The van der Waals surface area contributed by atoms with Gasteiger partial charge in [0.25, 0.3) is 0 Å². The maximum absolute atomic E-state index is 5.09. The fourth-order valence-electron chi connectivity index (χ4n) is 1.05. The van der Waals surface area contributed by atoms with Gasteiger partial charge in [-0.05, 0) is 24.3 Å². The van der Waals surface area contributed by atoms with Gasteiger partial charge in [0, 0.05) is 0 Å². The Morgan fingerprint density at radius 1 is 0.500 bits per heavy atom. The van der Waals surface area contributed by atoms with Crippen LogP contribution in [-0.4, -0.2) is 0 Å². The summed E-state index contributed by atoms with van der Waals surface area (Å²) in [5.74, 6) is 1.38. The van der Waals surface area contributed by atoms with Crippen LogP contribution in [-0.2, 0) is 0 Å². The van der Waals surface area contributed by atoms with Crippen molar-refractivity contribution in [3.05, 3.63) is 60.7 Å². The first-order chi connectivity index (χ1) is 6.95. The zero-order chi connectivity index (χ0) is 9.64. The summed E-state index contributed by atoms with van der Waals surface area (Å²) < 4.78 is 0. The number of hydrogen-bond donors (Lipinski definition) is 0. The molecule has 14 heavy (non-hydrogen) atoms. The fourth-order valence-corrected chi connectivity index (χ4v) is 1.05. The summed E-state index contributed by atoms with van der Waals surface area (Å²) in [6.45, 7) is 0. The zero-order valence-corrected chi connectivity index (χ0v) is 7.59. The van der Waals surface area contributed by atoms with Gasteiger partial charge in [-0.1, -0.05) is 36.4 Å². The molecule has 0 aliphatic heterocycles. The minimum Gasteiger partial charge on any atom is -0.290 e. The summed E-state index contributed by atoms with van der Waals surface area (Å²) in [4.78, 5) is 10.2. The summed E-state index contributed by atoms with van der Waals surface area (Å²) in [7, 11) is 0. The first-order valence-corrected chi connectivity index (χ1v) is 4.40. The molecule has 0 atom stereocenters. The monoisotopic (exact) mass is 186 g/mol. The molecular weight excluding hydrogens is 176 g/mol. The highest BCUT2D eigenvalue weighted by Gasteiger charge is 1.94. The average Bonchev–Trinajstić information content (AvgIpc) is 2.29. The molecule has 0 aromatic heterocycles. The van der Waals surface area contributed by atoms with Crippen molar-refractivity contribution in [2.45, 2.75) is 0 Å². The van der Waals surface area contributed by atoms with Gasteiger partial charge in [0.1, 0.15) is 0 Å². The van der Waals surface area contributed by atoms with Crippen LogP contribution < -0.4 is 9.78 Å². The summed E-state index contributed by atoms with van der Waals surface area (Å²) >= 11 is 0. The third-order valence-corrected chi connectivity index (χ3v) is 1.72. The van der Waals surface area contributed by atoms with E-state index < -0.39 is 0 Å². The molecule has 2 nitrogen and oxygen atoms in total. The van der Waals surface area contributed by atoms with E-state index in [-0.39, 0.29) is 0 Å². The normalized spacial score (nSPS) is 9.43. The van der Waals surface area contributed by atoms with E-state index in [0.717, 1.165) is 0 Å². The van der Waals surface area contributed by atoms with Crippen molar-refractivity contribution in [1.82, 2.24) is 0 Å². The highest BCUT2D eigenvalue weighted by atomic mass is 17.2. The molecule has 0 saturated heterocycles. The van der Waals surface area contributed by atoms with Gasteiger partial charge in [0.2, 0.25) is 0 Å². The highest BCUT2D eigenvalue weighted by molar-refractivity contribution is 5.23. The first-order valence-electron chi connectivity index (χ1n) is 4.40. The summed E-state index contributed by atoms with van der Waals surface area (Å²) in [6, 6.07) is 18.8. The fraction of sp³-hybridized carbons (Fsp3) is 0. The van der Waals surface area contributed by atoms with Crippen LogP contribution in [0, 0.1) is 0 Å². The van der Waals surface area contributed by atoms with E-state index in [1.807, 2.05) is 60.7 Å². The minimum atomic E-state index is 0.691. The van der Waals surface area contributed by atoms with Crippen molar-refractivity contribution in [3.8, 4) is 11.5 Å². The molecule has 0 heterocycles. The lowest BCUT2D eigenvalue weighted by Crippen LogP contribution is -1.99. The third kappa shape index (κ3) is 2.26. The van der Waals surface area contributed by atoms with Crippen molar-refractivity contribution in [3.63, 3.8) is 0 Å². The molecule has 70 valence electrons. The number of benzene rings is 2. The maximum Gasteiger partial charge on any atom is 0.178 e. The molecular formula is C12H10O2. The van der Waals surface area contributed by atoms with Gasteiger partial charge in [-0.2, -0.15) is 0 Å². The second kappa shape index (κ2) is 4.33. The standard InChI is InChI=1S/C12H10O2/c1-3-7-11(8-4-1)13-14-12-9-5-2-6-10-12/h1-10H. The Morgan fingerprint density at radius 2 is 0.857 bits per heavy atom. The largest absolute Gasteiger partial charge is 0.290 e. The van der Waals surface area contributed by atoms with Crippen molar-refractivity contribution in [2.75, 3.05) is 0 Å². The Bertz CT molecular complexity index is 331. The van der Waals surface area contributed by atoms with Crippen LogP contribution in [0.3, 0.4) is 0 Å². The molecule has 0 spiro atoms. The van der Waals surface area contributed by atoms with Gasteiger partial charge >= 0.3 is 0 Å². The maximum atomic E-state index is 5.09. The van der Waals surface area contributed by atoms with Gasteiger partial charge in [-0.25, -0.2) is 0 Å². The Kier molecular flexibility index (Phi) is 2.67. The van der Waals surface area contributed by atoms with E-state index in [1.54, 1.807) is 0 Å². The summed E-state index contributed by atoms with van der Waals surface area (Å²) in [6.07, 6.45) is 0. The van der Waals surface area contributed by atoms with Crippen LogP contribution in [0.25, 0.3) is 0 Å². The van der Waals surface area contributed by atoms with Crippen LogP contribution >= 0.6 is 0 Å². The molecule has 2 aromatic rings. The van der Waals surface area contributed by atoms with E-state index in [1.165, 1.54) is 0 Å². The Labute approximate surface area is 82.6 Å². The smallest absolute Gasteiger partial charge is 0.178 e. The number of para-hydroxylation sites is 2. The molecule has 0 fully saturated rings. The van der Waals surface area contributed by atoms with Crippen LogP contribution in [0.1, 0.15) is 0 Å². The van der Waals surface area contributed by atoms with Crippen LogP contribution in [0.2, 0.25) is 0 Å². The second-order valence-corrected chi connectivity index (χ2v) is 2.79. The lowest BCUT2D eigenvalue weighted by atomic mass is 10.3. The van der Waals surface area contributed by atoms with E-state index >= 15 is 0 Å². The highest BCUT2D eigenvalue weighted by Crippen LogP contribution is 2.13. The minimum absolute atomic E-state index is 0.691. The van der Waals surface area contributed by atoms with E-state index in [0.29, 0.717) is 11.5 Å². The molecule has 0 radical (unpaired) electrons. The van der Waals surface area contributed by atoms with Gasteiger partial charge in [0.15, 0.2) is 11.5 Å². The van der Waals surface area contributed by atoms with Gasteiger partial charge in [-0.15, -0.1) is 0 Å². The van der Waals surface area contributed by atoms with E-state index in [2.05, 4.69) is 0 Å². The SMILES string of the molecule is c1ccc(OOc2ccccc2)cc1. The molecule has 0 unspecified atom stereocenters. The van der Waals surface area contributed by atoms with Gasteiger partial charge in [0.05, 0.1) is 0 Å². The quantitative estimate of drug-likeness (QED) is 0.541. The topological polar surface area (TPSA) is 18.5 Å². The molecule has 0 N–H and O–H groups in total. The second-order valence-electron chi connectivity index (χ2n) is 2.79. The molecule has 0 aliphatic rings. The predicted molar refractivity (Wildman–Crippen MR) is 54.1 cm³/mol. The van der Waals surface area contributed by atoms with E-state index in [4.69, 9.17) is 9.78 Å². The average molecular weight is 186 g/mol. The van der Waals surface area contributed by atoms with Crippen molar-refractivity contribution >= 4 is 0 Å². The van der Waals surface area contributed by atoms with Gasteiger partial charge < -0.3 is 0 Å². The summed E-state index contributed by atoms with van der Waals surface area (Å²) in [5.41, 5.74) is 0. The summed E-state index contributed by atoms with van der Waals surface area (Å²) in [5, 5.41) is 0. The molecule has 2 heteroatoms. The Morgan fingerprint density at radius 3 is 1.21 bits per heavy atom. The molecule has 0 saturated carbocycles. The van der Waals surface area contributed by atoms with Crippen molar-refractivity contribution < 1.29 is 9.78 Å². The van der Waals surface area contributed by atoms with Crippen molar-refractivity contribution in [2.24, 2.45) is 0 Å². The van der Waals surface area contributed by atoms with Crippen molar-refractivity contribution in [1.29, 1.82) is 0 Å². The van der Waals surface area contributed by atoms with Gasteiger partial charge in [-0.3, -0.25) is 9.78 Å².